The number of para-hydroxylation sites is 1. The molecule has 16 heavy (non-hydrogen) atoms. The van der Waals surface area contributed by atoms with Crippen LogP contribution in [0.5, 0.6) is 0 Å². The van der Waals surface area contributed by atoms with Crippen LogP contribution in [0.3, 0.4) is 0 Å². The highest BCUT2D eigenvalue weighted by Crippen LogP contribution is 2.28. The third-order valence-corrected chi connectivity index (χ3v) is 3.22. The molecule has 0 aliphatic rings. The number of fused-ring (bicyclic) bond motifs is 1. The number of H-pyrrole nitrogens is 1. The highest BCUT2D eigenvalue weighted by atomic mass is 14.7. The Kier molecular flexibility index (Phi) is 3.27. The zero-order valence-corrected chi connectivity index (χ0v) is 9.61. The lowest BCUT2D eigenvalue weighted by Crippen LogP contribution is -2.21. The zero-order chi connectivity index (χ0) is 11.5. The Morgan fingerprint density at radius 2 is 2.06 bits per heavy atom. The molecule has 2 rings (SSSR count). The molecule has 0 spiro atoms. The van der Waals surface area contributed by atoms with E-state index < -0.39 is 0 Å². The van der Waals surface area contributed by atoms with Crippen molar-refractivity contribution in [3.63, 3.8) is 0 Å². The van der Waals surface area contributed by atoms with Gasteiger partial charge in [-0.05, 0) is 30.5 Å². The van der Waals surface area contributed by atoms with E-state index in [1.54, 1.807) is 0 Å². The molecule has 0 saturated carbocycles. The van der Waals surface area contributed by atoms with E-state index >= 15 is 0 Å². The van der Waals surface area contributed by atoms with Crippen LogP contribution in [0.25, 0.3) is 10.9 Å². The molecule has 0 bridgehead atoms. The van der Waals surface area contributed by atoms with Crippen molar-refractivity contribution < 1.29 is 0 Å². The fourth-order valence-electron chi connectivity index (χ4n) is 2.12. The first kappa shape index (κ1) is 11.2. The topological polar surface area (TPSA) is 67.8 Å². The quantitative estimate of drug-likeness (QED) is 0.734. The summed E-state index contributed by atoms with van der Waals surface area (Å²) < 4.78 is 0. The molecule has 1 aromatic heterocycles. The minimum atomic E-state index is 0.0553. The van der Waals surface area contributed by atoms with Crippen molar-refractivity contribution >= 4 is 10.9 Å². The predicted octanol–water partition coefficient (Wildman–Crippen LogP) is 2.15. The van der Waals surface area contributed by atoms with Crippen molar-refractivity contribution in [1.82, 2.24) is 4.98 Å². The number of aromatic nitrogens is 1. The molecule has 5 N–H and O–H groups in total. The number of aromatic amines is 1. The second-order valence-corrected chi connectivity index (χ2v) is 4.37. The minimum absolute atomic E-state index is 0.0553. The van der Waals surface area contributed by atoms with Gasteiger partial charge in [0.05, 0.1) is 0 Å². The number of nitrogens with two attached hydrogens (primary N) is 2. The summed E-state index contributed by atoms with van der Waals surface area (Å²) in [6, 6.07) is 8.30. The summed E-state index contributed by atoms with van der Waals surface area (Å²) in [6.07, 6.45) is 2.98. The van der Waals surface area contributed by atoms with Gasteiger partial charge in [-0.1, -0.05) is 25.1 Å². The summed E-state index contributed by atoms with van der Waals surface area (Å²) in [7, 11) is 0. The van der Waals surface area contributed by atoms with Crippen molar-refractivity contribution in [1.29, 1.82) is 0 Å². The third kappa shape index (κ3) is 1.96. The molecule has 86 valence electrons. The van der Waals surface area contributed by atoms with Gasteiger partial charge in [-0.3, -0.25) is 0 Å². The molecule has 2 atom stereocenters. The second-order valence-electron chi connectivity index (χ2n) is 4.37. The van der Waals surface area contributed by atoms with Crippen LogP contribution >= 0.6 is 0 Å². The van der Waals surface area contributed by atoms with E-state index in [0.717, 1.165) is 11.9 Å². The first-order chi connectivity index (χ1) is 7.74. The fourth-order valence-corrected chi connectivity index (χ4v) is 2.12. The van der Waals surface area contributed by atoms with Crippen molar-refractivity contribution in [2.24, 2.45) is 17.4 Å². The lowest BCUT2D eigenvalue weighted by Gasteiger charge is -2.18. The Labute approximate surface area is 95.8 Å². The van der Waals surface area contributed by atoms with Gasteiger partial charge in [0.15, 0.2) is 0 Å². The van der Waals surface area contributed by atoms with E-state index in [2.05, 4.69) is 24.0 Å². The van der Waals surface area contributed by atoms with Crippen LogP contribution in [0.1, 0.15) is 24.9 Å². The smallest absolute Gasteiger partial charge is 0.0457 e. The maximum atomic E-state index is 6.26. The van der Waals surface area contributed by atoms with E-state index in [1.165, 1.54) is 10.9 Å². The van der Waals surface area contributed by atoms with Gasteiger partial charge in [0.1, 0.15) is 0 Å². The van der Waals surface area contributed by atoms with Crippen molar-refractivity contribution in [2.75, 3.05) is 6.54 Å². The van der Waals surface area contributed by atoms with Gasteiger partial charge < -0.3 is 16.5 Å². The van der Waals surface area contributed by atoms with Crippen molar-refractivity contribution in [3.8, 4) is 0 Å². The van der Waals surface area contributed by atoms with Crippen LogP contribution < -0.4 is 11.5 Å². The molecule has 0 saturated heterocycles. The van der Waals surface area contributed by atoms with Crippen LogP contribution in [0.15, 0.2) is 30.5 Å². The van der Waals surface area contributed by atoms with Gasteiger partial charge in [0.2, 0.25) is 0 Å². The first-order valence-electron chi connectivity index (χ1n) is 5.75. The number of rotatable bonds is 4. The Morgan fingerprint density at radius 1 is 1.31 bits per heavy atom. The largest absolute Gasteiger partial charge is 0.361 e. The van der Waals surface area contributed by atoms with Crippen LogP contribution in [0.2, 0.25) is 0 Å². The maximum Gasteiger partial charge on any atom is 0.0457 e. The summed E-state index contributed by atoms with van der Waals surface area (Å²) in [6.45, 7) is 2.84. The molecular formula is C13H19N3. The standard InChI is InChI=1S/C13H19N3/c1-9(6-7-14)13(15)11-8-16-12-5-3-2-4-10(11)12/h2-5,8-9,13,16H,6-7,14-15H2,1H3. The van der Waals surface area contributed by atoms with Crippen molar-refractivity contribution in [3.05, 3.63) is 36.0 Å². The van der Waals surface area contributed by atoms with E-state index in [0.29, 0.717) is 12.5 Å². The average molecular weight is 217 g/mol. The van der Waals surface area contributed by atoms with E-state index in [-0.39, 0.29) is 6.04 Å². The van der Waals surface area contributed by atoms with E-state index in [1.807, 2.05) is 18.3 Å². The molecule has 2 aromatic rings. The molecule has 1 aromatic carbocycles. The normalized spacial score (nSPS) is 15.2. The van der Waals surface area contributed by atoms with Gasteiger partial charge in [-0.25, -0.2) is 0 Å². The monoisotopic (exact) mass is 217 g/mol. The fraction of sp³-hybridized carbons (Fsp3) is 0.385. The molecule has 0 fully saturated rings. The van der Waals surface area contributed by atoms with Crippen LogP contribution in [-0.2, 0) is 0 Å². The molecule has 0 aliphatic carbocycles. The molecule has 0 amide bonds. The Hall–Kier alpha value is -1.32. The Morgan fingerprint density at radius 3 is 2.81 bits per heavy atom. The van der Waals surface area contributed by atoms with Crippen molar-refractivity contribution in [2.45, 2.75) is 19.4 Å². The van der Waals surface area contributed by atoms with Crippen LogP contribution in [-0.4, -0.2) is 11.5 Å². The predicted molar refractivity (Wildman–Crippen MR) is 68.1 cm³/mol. The van der Waals surface area contributed by atoms with Crippen LogP contribution in [0.4, 0.5) is 0 Å². The third-order valence-electron chi connectivity index (χ3n) is 3.22. The molecule has 0 aliphatic heterocycles. The maximum absolute atomic E-state index is 6.26. The van der Waals surface area contributed by atoms with Crippen LogP contribution in [0, 0.1) is 5.92 Å². The molecular weight excluding hydrogens is 198 g/mol. The number of nitrogens with one attached hydrogen (secondary N) is 1. The number of hydrogen-bond donors (Lipinski definition) is 3. The Balaban J connectivity index is 2.32. The minimum Gasteiger partial charge on any atom is -0.361 e. The van der Waals surface area contributed by atoms with Gasteiger partial charge in [-0.15, -0.1) is 0 Å². The molecule has 3 heteroatoms. The summed E-state index contributed by atoms with van der Waals surface area (Å²) >= 11 is 0. The Bertz CT molecular complexity index is 461. The summed E-state index contributed by atoms with van der Waals surface area (Å²) in [5.41, 5.74) is 14.2. The molecule has 3 nitrogen and oxygen atoms in total. The first-order valence-corrected chi connectivity index (χ1v) is 5.75. The molecule has 2 unspecified atom stereocenters. The van der Waals surface area contributed by atoms with Gasteiger partial charge >= 0.3 is 0 Å². The van der Waals surface area contributed by atoms with E-state index in [9.17, 15) is 0 Å². The van der Waals surface area contributed by atoms with Gasteiger partial charge in [-0.2, -0.15) is 0 Å². The summed E-state index contributed by atoms with van der Waals surface area (Å²) in [5.74, 6) is 0.407. The summed E-state index contributed by atoms with van der Waals surface area (Å²) in [5, 5.41) is 1.22. The second kappa shape index (κ2) is 4.68. The zero-order valence-electron chi connectivity index (χ0n) is 9.61. The molecule has 0 radical (unpaired) electrons. The van der Waals surface area contributed by atoms with E-state index in [4.69, 9.17) is 11.5 Å². The average Bonchev–Trinajstić information content (AvgIpc) is 2.72. The highest BCUT2D eigenvalue weighted by Gasteiger charge is 2.17. The number of benzene rings is 1. The lowest BCUT2D eigenvalue weighted by molar-refractivity contribution is 0.446. The van der Waals surface area contributed by atoms with Gasteiger partial charge in [0.25, 0.3) is 0 Å². The lowest BCUT2D eigenvalue weighted by atomic mass is 9.92. The summed E-state index contributed by atoms with van der Waals surface area (Å²) in [4.78, 5) is 3.25. The molecule has 1 heterocycles. The van der Waals surface area contributed by atoms with Gasteiger partial charge in [0, 0.05) is 23.1 Å². The number of hydrogen-bond acceptors (Lipinski definition) is 2. The SMILES string of the molecule is CC(CCN)C(N)c1c[nH]c2ccccc12. The highest BCUT2D eigenvalue weighted by molar-refractivity contribution is 5.83.